The molecule has 0 aromatic heterocycles. The SMILES string of the molecule is O=C(SCCCCCCSC(=O)[SH](Cc1ccccc1)Cc1ccccc1)[SH](Cc1ccccc1)Cc1ccccc1. The molecule has 0 aliphatic rings. The number of carbonyl (C=O) groups is 2. The summed E-state index contributed by atoms with van der Waals surface area (Å²) < 4.78 is 0.730. The molecule has 0 aliphatic heterocycles. The van der Waals surface area contributed by atoms with Crippen molar-refractivity contribution in [2.75, 3.05) is 11.5 Å². The first-order valence-corrected chi connectivity index (χ1v) is 20.1. The van der Waals surface area contributed by atoms with Gasteiger partial charge in [-0.15, -0.1) is 0 Å². The van der Waals surface area contributed by atoms with Crippen molar-refractivity contribution < 1.29 is 9.59 Å². The maximum Gasteiger partial charge on any atom is 0.227 e. The van der Waals surface area contributed by atoms with Gasteiger partial charge in [-0.25, -0.2) is 0 Å². The molecule has 0 bridgehead atoms. The number of hydrogen-bond donors (Lipinski definition) is 2. The van der Waals surface area contributed by atoms with Gasteiger partial charge in [-0.05, 0) is 35.1 Å². The van der Waals surface area contributed by atoms with Crippen LogP contribution in [0.4, 0.5) is 9.59 Å². The molecule has 4 rings (SSSR count). The Kier molecular flexibility index (Phi) is 14.7. The third-order valence-corrected chi connectivity index (χ3v) is 14.7. The van der Waals surface area contributed by atoms with Crippen molar-refractivity contribution in [2.45, 2.75) is 48.7 Å². The number of benzene rings is 4. The average molecular weight is 635 g/mol. The smallest absolute Gasteiger partial charge is 0.227 e. The van der Waals surface area contributed by atoms with Gasteiger partial charge in [0.05, 0.1) is 0 Å². The van der Waals surface area contributed by atoms with E-state index in [9.17, 15) is 9.59 Å². The van der Waals surface area contributed by atoms with Crippen molar-refractivity contribution in [3.63, 3.8) is 0 Å². The van der Waals surface area contributed by atoms with Gasteiger partial charge >= 0.3 is 0 Å². The first-order chi connectivity index (χ1) is 20.7. The Morgan fingerprint density at radius 2 is 0.667 bits per heavy atom. The van der Waals surface area contributed by atoms with Crippen molar-refractivity contribution >= 4 is 54.2 Å². The van der Waals surface area contributed by atoms with Gasteiger partial charge in [0.25, 0.3) is 0 Å². The van der Waals surface area contributed by atoms with E-state index in [4.69, 9.17) is 0 Å². The molecule has 6 heteroatoms. The van der Waals surface area contributed by atoms with E-state index < -0.39 is 21.8 Å². The van der Waals surface area contributed by atoms with Crippen molar-refractivity contribution in [1.82, 2.24) is 0 Å². The molecule has 0 spiro atoms. The summed E-state index contributed by atoms with van der Waals surface area (Å²) in [7, 11) is -1.54. The molecule has 0 saturated heterocycles. The minimum Gasteiger partial charge on any atom is -0.276 e. The zero-order chi connectivity index (χ0) is 29.2. The summed E-state index contributed by atoms with van der Waals surface area (Å²) >= 11 is 3.06. The molecule has 0 heterocycles. The molecule has 0 unspecified atom stereocenters. The van der Waals surface area contributed by atoms with E-state index in [2.05, 4.69) is 97.1 Å². The van der Waals surface area contributed by atoms with Gasteiger partial charge in [-0.1, -0.05) is 158 Å². The largest absolute Gasteiger partial charge is 0.276 e. The number of unbranched alkanes of at least 4 members (excludes halogenated alkanes) is 3. The van der Waals surface area contributed by atoms with Gasteiger partial charge in [0.1, 0.15) is 0 Å². The van der Waals surface area contributed by atoms with Crippen LogP contribution in [-0.2, 0) is 23.0 Å². The highest BCUT2D eigenvalue weighted by Gasteiger charge is 2.17. The van der Waals surface area contributed by atoms with E-state index in [1.54, 1.807) is 0 Å². The minimum absolute atomic E-state index is 0.365. The highest BCUT2D eigenvalue weighted by molar-refractivity contribution is 8.46. The fourth-order valence-corrected chi connectivity index (χ4v) is 11.8. The number of rotatable bonds is 15. The molecule has 0 N–H and O–H groups in total. The van der Waals surface area contributed by atoms with E-state index in [0.29, 0.717) is 8.89 Å². The van der Waals surface area contributed by atoms with Crippen LogP contribution in [0.25, 0.3) is 0 Å². The molecule has 2 nitrogen and oxygen atoms in total. The second-order valence-corrected chi connectivity index (χ2v) is 17.3. The van der Waals surface area contributed by atoms with Crippen LogP contribution in [0.1, 0.15) is 47.9 Å². The first-order valence-electron chi connectivity index (χ1n) is 14.7. The van der Waals surface area contributed by atoms with Crippen molar-refractivity contribution in [3.05, 3.63) is 144 Å². The van der Waals surface area contributed by atoms with E-state index in [0.717, 1.165) is 60.2 Å². The van der Waals surface area contributed by atoms with Gasteiger partial charge in [-0.3, -0.25) is 9.59 Å². The normalized spacial score (nSPS) is 11.6. The molecule has 0 amide bonds. The van der Waals surface area contributed by atoms with Crippen molar-refractivity contribution in [1.29, 1.82) is 0 Å². The lowest BCUT2D eigenvalue weighted by Gasteiger charge is -2.20. The van der Waals surface area contributed by atoms with Gasteiger partial charge < -0.3 is 0 Å². The van der Waals surface area contributed by atoms with Gasteiger partial charge in [0.2, 0.25) is 8.89 Å². The van der Waals surface area contributed by atoms with Crippen molar-refractivity contribution in [2.24, 2.45) is 0 Å². The maximum atomic E-state index is 13.2. The zero-order valence-electron chi connectivity index (χ0n) is 24.1. The highest BCUT2D eigenvalue weighted by atomic mass is 32.2. The summed E-state index contributed by atoms with van der Waals surface area (Å²) in [5.41, 5.74) is 4.99. The molecule has 4 aromatic rings. The molecule has 0 radical (unpaired) electrons. The predicted octanol–water partition coefficient (Wildman–Crippen LogP) is 11.1. The Morgan fingerprint density at radius 3 is 0.929 bits per heavy atom. The number of carbonyl (C=O) groups excluding carboxylic acids is 2. The average Bonchev–Trinajstić information content (AvgIpc) is 3.03. The Bertz CT molecular complexity index is 1130. The van der Waals surface area contributed by atoms with Gasteiger partial charge in [0.15, 0.2) is 0 Å². The van der Waals surface area contributed by atoms with Crippen molar-refractivity contribution in [3.8, 4) is 0 Å². The van der Waals surface area contributed by atoms with Crippen LogP contribution in [0.15, 0.2) is 121 Å². The molecule has 0 saturated carbocycles. The van der Waals surface area contributed by atoms with E-state index >= 15 is 0 Å². The summed E-state index contributed by atoms with van der Waals surface area (Å²) in [6, 6.07) is 41.6. The van der Waals surface area contributed by atoms with Crippen LogP contribution in [0.5, 0.6) is 0 Å². The number of hydrogen-bond acceptors (Lipinski definition) is 4. The third-order valence-electron chi connectivity index (χ3n) is 6.87. The number of thioether (sulfide) groups is 2. The van der Waals surface area contributed by atoms with Crippen LogP contribution in [0.2, 0.25) is 0 Å². The molecule has 0 aliphatic carbocycles. The summed E-state index contributed by atoms with van der Waals surface area (Å²) in [6.07, 6.45) is 4.30. The Hall–Kier alpha value is -2.38. The van der Waals surface area contributed by atoms with Crippen LogP contribution in [0.3, 0.4) is 0 Å². The third kappa shape index (κ3) is 12.1. The quantitative estimate of drug-likeness (QED) is 0.101. The topological polar surface area (TPSA) is 34.1 Å². The lowest BCUT2D eigenvalue weighted by atomic mass is 10.2. The standard InChI is InChI=1S/C36H42O2S4/c37-35(41(27-31-17-7-3-8-18-31)28-32-19-9-4-10-20-32)39-25-15-1-2-16-26-40-36(38)42(29-33-21-11-5-12-22-33)30-34-23-13-6-14-24-34/h3-14,17-24,41-42H,1-2,15-16,25-30H2. The molecule has 0 atom stereocenters. The van der Waals surface area contributed by atoms with Gasteiger partial charge in [0, 0.05) is 34.5 Å². The second-order valence-electron chi connectivity index (χ2n) is 10.3. The Morgan fingerprint density at radius 1 is 0.405 bits per heavy atom. The predicted molar refractivity (Wildman–Crippen MR) is 193 cm³/mol. The van der Waals surface area contributed by atoms with Crippen LogP contribution in [-0.4, -0.2) is 20.4 Å². The monoisotopic (exact) mass is 634 g/mol. The fourth-order valence-electron chi connectivity index (χ4n) is 4.64. The zero-order valence-corrected chi connectivity index (χ0v) is 27.6. The van der Waals surface area contributed by atoms with Crippen LogP contribution < -0.4 is 0 Å². The maximum absolute atomic E-state index is 13.2. The van der Waals surface area contributed by atoms with Gasteiger partial charge in [-0.2, -0.15) is 21.8 Å². The Balaban J connectivity index is 1.16. The van der Waals surface area contributed by atoms with Crippen LogP contribution in [0, 0.1) is 0 Å². The fraction of sp³-hybridized carbons (Fsp3) is 0.278. The summed E-state index contributed by atoms with van der Waals surface area (Å²) in [4.78, 5) is 26.5. The Labute approximate surface area is 266 Å². The molecular formula is C36H42O2S4. The molecule has 42 heavy (non-hydrogen) atoms. The lowest BCUT2D eigenvalue weighted by molar-refractivity contribution is 0.275. The first kappa shape index (κ1) is 32.5. The second kappa shape index (κ2) is 19.0. The lowest BCUT2D eigenvalue weighted by Crippen LogP contribution is -2.01. The summed E-state index contributed by atoms with van der Waals surface area (Å²) in [5, 5.41) is 0. The van der Waals surface area contributed by atoms with Crippen LogP contribution >= 0.6 is 45.3 Å². The highest BCUT2D eigenvalue weighted by Crippen LogP contribution is 2.42. The van der Waals surface area contributed by atoms with E-state index in [1.165, 1.54) is 45.8 Å². The van der Waals surface area contributed by atoms with E-state index in [1.807, 2.05) is 24.3 Å². The summed E-state index contributed by atoms with van der Waals surface area (Å²) in [5.74, 6) is 5.15. The molecular weight excluding hydrogens is 593 g/mol. The van der Waals surface area contributed by atoms with E-state index in [-0.39, 0.29) is 0 Å². The molecule has 0 fully saturated rings. The number of thiol groups is 2. The summed E-state index contributed by atoms with van der Waals surface area (Å²) in [6.45, 7) is 0. The molecule has 222 valence electrons. The minimum atomic E-state index is -0.771. The molecule has 4 aromatic carbocycles.